The predicted molar refractivity (Wildman–Crippen MR) is 106 cm³/mol. The van der Waals surface area contributed by atoms with Gasteiger partial charge in [-0.25, -0.2) is 14.5 Å². The first-order valence-electron chi connectivity index (χ1n) is 10.0. The number of esters is 3. The van der Waals surface area contributed by atoms with Gasteiger partial charge in [-0.05, 0) is 27.7 Å². The summed E-state index contributed by atoms with van der Waals surface area (Å²) in [7, 11) is 0. The first-order chi connectivity index (χ1) is 14.4. The monoisotopic (exact) mass is 436 g/mol. The third-order valence-corrected chi connectivity index (χ3v) is 6.69. The van der Waals surface area contributed by atoms with Crippen LogP contribution >= 0.6 is 0 Å². The molecule has 0 aromatic rings. The van der Waals surface area contributed by atoms with Crippen LogP contribution in [-0.2, 0) is 33.5 Å². The summed E-state index contributed by atoms with van der Waals surface area (Å²) in [6, 6.07) is 0. The summed E-state index contributed by atoms with van der Waals surface area (Å²) in [4.78, 5) is 41.8. The number of fused-ring (bicyclic) bond motifs is 3. The van der Waals surface area contributed by atoms with Crippen LogP contribution in [0.2, 0.25) is 0 Å². The Morgan fingerprint density at radius 3 is 2.45 bits per heavy atom. The summed E-state index contributed by atoms with van der Waals surface area (Å²) < 4.78 is 16.8. The van der Waals surface area contributed by atoms with Gasteiger partial charge in [-0.2, -0.15) is 0 Å². The standard InChI is InChI=1S/C22H28O9/c1-7-10(2)19(24)30-17-14-11(3)20(25)29-16(14)15-13(8-9-21(15,5)31-27)22(6,26)18(17)28-12(4)23/h7-9,13-18,26-27H,3H2,1-2,4-6H3. The summed E-state index contributed by atoms with van der Waals surface area (Å²) in [5, 5.41) is 21.2. The summed E-state index contributed by atoms with van der Waals surface area (Å²) in [6.45, 7) is 11.2. The second kappa shape index (κ2) is 7.89. The highest BCUT2D eigenvalue weighted by molar-refractivity contribution is 5.92. The van der Waals surface area contributed by atoms with Gasteiger partial charge in [-0.15, -0.1) is 0 Å². The van der Waals surface area contributed by atoms with E-state index in [9.17, 15) is 24.7 Å². The van der Waals surface area contributed by atoms with Crippen LogP contribution in [0.1, 0.15) is 34.6 Å². The van der Waals surface area contributed by atoms with E-state index >= 15 is 0 Å². The molecule has 31 heavy (non-hydrogen) atoms. The molecule has 0 radical (unpaired) electrons. The average Bonchev–Trinajstić information content (AvgIpc) is 3.18. The number of allylic oxidation sites excluding steroid dienone is 1. The van der Waals surface area contributed by atoms with Crippen molar-refractivity contribution < 1.29 is 43.8 Å². The molecule has 1 saturated carbocycles. The lowest BCUT2D eigenvalue weighted by Gasteiger charge is -2.41. The molecular weight excluding hydrogens is 408 g/mol. The maximum Gasteiger partial charge on any atom is 0.334 e. The summed E-state index contributed by atoms with van der Waals surface area (Å²) in [6.07, 6.45) is 1.14. The first kappa shape index (κ1) is 23.2. The largest absolute Gasteiger partial charge is 0.458 e. The van der Waals surface area contributed by atoms with E-state index in [0.717, 1.165) is 0 Å². The molecular formula is C22H28O9. The van der Waals surface area contributed by atoms with Crippen molar-refractivity contribution >= 4 is 17.9 Å². The zero-order valence-electron chi connectivity index (χ0n) is 18.2. The second-order valence-electron chi connectivity index (χ2n) is 8.70. The van der Waals surface area contributed by atoms with Crippen LogP contribution in [0.4, 0.5) is 0 Å². The Kier molecular flexibility index (Phi) is 5.90. The van der Waals surface area contributed by atoms with Crippen molar-refractivity contribution in [3.8, 4) is 0 Å². The molecule has 8 unspecified atom stereocenters. The van der Waals surface area contributed by atoms with Crippen LogP contribution in [0.5, 0.6) is 0 Å². The van der Waals surface area contributed by atoms with Crippen LogP contribution in [0.3, 0.4) is 0 Å². The Bertz CT molecular complexity index is 870. The van der Waals surface area contributed by atoms with Gasteiger partial charge in [0, 0.05) is 29.9 Å². The number of aliphatic hydroxyl groups is 1. The second-order valence-corrected chi connectivity index (χ2v) is 8.70. The van der Waals surface area contributed by atoms with Gasteiger partial charge in [0.15, 0.2) is 12.2 Å². The third kappa shape index (κ3) is 3.60. The normalized spacial score (nSPS) is 41.8. The van der Waals surface area contributed by atoms with Crippen LogP contribution in [-0.4, -0.2) is 57.8 Å². The van der Waals surface area contributed by atoms with E-state index in [1.807, 2.05) is 0 Å². The molecule has 1 aliphatic heterocycles. The quantitative estimate of drug-likeness (QED) is 0.169. The Morgan fingerprint density at radius 1 is 1.26 bits per heavy atom. The van der Waals surface area contributed by atoms with Crippen molar-refractivity contribution in [1.82, 2.24) is 0 Å². The number of carbonyl (C=O) groups excluding carboxylic acids is 3. The molecule has 0 bridgehead atoms. The minimum atomic E-state index is -1.77. The number of hydrogen-bond acceptors (Lipinski definition) is 9. The molecule has 3 rings (SSSR count). The van der Waals surface area contributed by atoms with E-state index in [-0.39, 0.29) is 5.57 Å². The molecule has 170 valence electrons. The van der Waals surface area contributed by atoms with E-state index in [4.69, 9.17) is 19.1 Å². The van der Waals surface area contributed by atoms with Gasteiger partial charge in [-0.3, -0.25) is 10.1 Å². The summed E-state index contributed by atoms with van der Waals surface area (Å²) in [5.41, 5.74) is -2.78. The molecule has 2 aliphatic carbocycles. The van der Waals surface area contributed by atoms with Crippen LogP contribution in [0, 0.1) is 17.8 Å². The Morgan fingerprint density at radius 2 is 1.90 bits per heavy atom. The van der Waals surface area contributed by atoms with Crippen LogP contribution in [0.25, 0.3) is 0 Å². The molecule has 9 heteroatoms. The highest BCUT2D eigenvalue weighted by atomic mass is 17.1. The minimum Gasteiger partial charge on any atom is -0.458 e. The van der Waals surface area contributed by atoms with Gasteiger partial charge in [-0.1, -0.05) is 24.8 Å². The number of hydrogen-bond donors (Lipinski definition) is 2. The molecule has 9 nitrogen and oxygen atoms in total. The van der Waals surface area contributed by atoms with E-state index in [0.29, 0.717) is 5.57 Å². The molecule has 8 atom stereocenters. The molecule has 2 fully saturated rings. The maximum atomic E-state index is 12.7. The Labute approximate surface area is 180 Å². The topological polar surface area (TPSA) is 129 Å². The highest BCUT2D eigenvalue weighted by Gasteiger charge is 2.67. The zero-order valence-corrected chi connectivity index (χ0v) is 18.2. The third-order valence-electron chi connectivity index (χ3n) is 6.69. The lowest BCUT2D eigenvalue weighted by atomic mass is 9.73. The van der Waals surface area contributed by atoms with Gasteiger partial charge in [0.2, 0.25) is 0 Å². The van der Waals surface area contributed by atoms with Gasteiger partial charge >= 0.3 is 17.9 Å². The fraction of sp³-hybridized carbons (Fsp3) is 0.591. The molecule has 0 spiro atoms. The minimum absolute atomic E-state index is 0.0155. The van der Waals surface area contributed by atoms with Crippen molar-refractivity contribution in [3.05, 3.63) is 36.0 Å². The van der Waals surface area contributed by atoms with Crippen molar-refractivity contribution in [2.45, 2.75) is 64.1 Å². The lowest BCUT2D eigenvalue weighted by molar-refractivity contribution is -0.324. The first-order valence-corrected chi connectivity index (χ1v) is 10.0. The molecule has 1 saturated heterocycles. The van der Waals surface area contributed by atoms with Gasteiger partial charge < -0.3 is 19.3 Å². The fourth-order valence-corrected chi connectivity index (χ4v) is 4.90. The van der Waals surface area contributed by atoms with Crippen LogP contribution in [0.15, 0.2) is 36.0 Å². The van der Waals surface area contributed by atoms with Gasteiger partial charge in [0.25, 0.3) is 0 Å². The van der Waals surface area contributed by atoms with Crippen molar-refractivity contribution in [1.29, 1.82) is 0 Å². The fourth-order valence-electron chi connectivity index (χ4n) is 4.90. The average molecular weight is 436 g/mol. The Hall–Kier alpha value is -2.49. The molecule has 2 N–H and O–H groups in total. The molecule has 0 aromatic heterocycles. The molecule has 0 aromatic carbocycles. The number of carbonyl (C=O) groups is 3. The highest BCUT2D eigenvalue weighted by Crippen LogP contribution is 2.55. The molecule has 0 amide bonds. The van der Waals surface area contributed by atoms with Crippen molar-refractivity contribution in [2.24, 2.45) is 17.8 Å². The number of ether oxygens (including phenoxy) is 3. The zero-order chi connectivity index (χ0) is 23.3. The van der Waals surface area contributed by atoms with Gasteiger partial charge in [0.1, 0.15) is 17.3 Å². The van der Waals surface area contributed by atoms with E-state index in [1.54, 1.807) is 39.0 Å². The van der Waals surface area contributed by atoms with Gasteiger partial charge in [0.05, 0.1) is 5.92 Å². The predicted octanol–water partition coefficient (Wildman–Crippen LogP) is 1.71. The molecule has 3 aliphatic rings. The summed E-state index contributed by atoms with van der Waals surface area (Å²) in [5.74, 6) is -4.59. The van der Waals surface area contributed by atoms with E-state index in [2.05, 4.69) is 6.58 Å². The number of rotatable bonds is 4. The summed E-state index contributed by atoms with van der Waals surface area (Å²) >= 11 is 0. The van der Waals surface area contributed by atoms with E-state index in [1.165, 1.54) is 13.8 Å². The SMILES string of the molecule is C=C1C(=O)OC2C1C(OC(=O)C(C)=CC)C(OC(C)=O)C(C)(O)C1C=CC(C)(OO)C21. The smallest absolute Gasteiger partial charge is 0.334 e. The van der Waals surface area contributed by atoms with Crippen molar-refractivity contribution in [3.63, 3.8) is 0 Å². The maximum absolute atomic E-state index is 12.7. The van der Waals surface area contributed by atoms with Crippen molar-refractivity contribution in [2.75, 3.05) is 0 Å². The van der Waals surface area contributed by atoms with E-state index < -0.39 is 65.2 Å². The Balaban J connectivity index is 2.20. The van der Waals surface area contributed by atoms with Crippen LogP contribution < -0.4 is 0 Å². The lowest BCUT2D eigenvalue weighted by Crippen LogP contribution is -2.56. The molecule has 1 heterocycles.